The van der Waals surface area contributed by atoms with Crippen LogP contribution in [0.4, 0.5) is 0 Å². The summed E-state index contributed by atoms with van der Waals surface area (Å²) < 4.78 is 5.60. The third-order valence-corrected chi connectivity index (χ3v) is 4.87. The molecule has 0 atom stereocenters. The molecule has 1 N–H and O–H groups in total. The number of carbonyl (C=O) groups excluding carboxylic acids is 1. The standard InChI is InChI=1S/C21H33NO2/c1-2-24-20-17-13-12-16-19(20)21(23)22-18-14-10-8-6-4-3-5-7-9-11-15-18/h12-13,16-18H,2-11,14-15H2,1H3,(H,22,23). The van der Waals surface area contributed by atoms with Gasteiger partial charge in [0.25, 0.3) is 5.91 Å². The van der Waals surface area contributed by atoms with Crippen LogP contribution in [0.25, 0.3) is 0 Å². The van der Waals surface area contributed by atoms with Gasteiger partial charge in [-0.05, 0) is 31.9 Å². The van der Waals surface area contributed by atoms with E-state index in [-0.39, 0.29) is 5.91 Å². The minimum Gasteiger partial charge on any atom is -0.493 e. The third kappa shape index (κ3) is 6.54. The SMILES string of the molecule is CCOc1ccccc1C(=O)NC1CCCCCCCCCCC1. The number of ether oxygens (including phenoxy) is 1. The van der Waals surface area contributed by atoms with Crippen molar-refractivity contribution in [2.24, 2.45) is 0 Å². The van der Waals surface area contributed by atoms with Gasteiger partial charge in [-0.25, -0.2) is 0 Å². The Morgan fingerprint density at radius 1 is 0.958 bits per heavy atom. The highest BCUT2D eigenvalue weighted by atomic mass is 16.5. The molecule has 1 aromatic carbocycles. The minimum absolute atomic E-state index is 0.0103. The average molecular weight is 332 g/mol. The van der Waals surface area contributed by atoms with Crippen LogP contribution in [0.2, 0.25) is 0 Å². The van der Waals surface area contributed by atoms with E-state index < -0.39 is 0 Å². The monoisotopic (exact) mass is 331 g/mol. The molecule has 0 bridgehead atoms. The lowest BCUT2D eigenvalue weighted by atomic mass is 9.97. The molecule has 3 heteroatoms. The van der Waals surface area contributed by atoms with Crippen LogP contribution < -0.4 is 10.1 Å². The highest BCUT2D eigenvalue weighted by Crippen LogP contribution is 2.20. The van der Waals surface area contributed by atoms with Crippen LogP contribution in [-0.2, 0) is 0 Å². The molecule has 1 aromatic rings. The van der Waals surface area contributed by atoms with Gasteiger partial charge in [-0.1, -0.05) is 69.9 Å². The van der Waals surface area contributed by atoms with Crippen molar-refractivity contribution in [2.45, 2.75) is 83.6 Å². The zero-order valence-corrected chi connectivity index (χ0v) is 15.2. The van der Waals surface area contributed by atoms with Gasteiger partial charge in [0.15, 0.2) is 0 Å². The Bertz CT molecular complexity index is 474. The summed E-state index contributed by atoms with van der Waals surface area (Å²) in [6.07, 6.45) is 14.1. The number of nitrogens with one attached hydrogen (secondary N) is 1. The lowest BCUT2D eigenvalue weighted by molar-refractivity contribution is 0.0927. The molecule has 0 radical (unpaired) electrons. The van der Waals surface area contributed by atoms with Gasteiger partial charge in [-0.2, -0.15) is 0 Å². The number of benzene rings is 1. The second kappa shape index (κ2) is 11.1. The van der Waals surface area contributed by atoms with E-state index in [4.69, 9.17) is 4.74 Å². The Balaban J connectivity index is 1.93. The molecule has 0 unspecified atom stereocenters. The molecule has 0 heterocycles. The predicted molar refractivity (Wildman–Crippen MR) is 99.7 cm³/mol. The fourth-order valence-corrected chi connectivity index (χ4v) is 3.51. The van der Waals surface area contributed by atoms with Crippen molar-refractivity contribution >= 4 is 5.91 Å². The molecule has 1 fully saturated rings. The van der Waals surface area contributed by atoms with Crippen LogP contribution in [-0.4, -0.2) is 18.6 Å². The topological polar surface area (TPSA) is 38.3 Å². The first-order valence-corrected chi connectivity index (χ1v) is 9.84. The van der Waals surface area contributed by atoms with E-state index in [9.17, 15) is 4.79 Å². The number of amides is 1. The Hall–Kier alpha value is -1.51. The summed E-state index contributed by atoms with van der Waals surface area (Å²) in [5.41, 5.74) is 0.658. The van der Waals surface area contributed by atoms with Gasteiger partial charge in [-0.15, -0.1) is 0 Å². The largest absolute Gasteiger partial charge is 0.493 e. The molecule has 0 aromatic heterocycles. The van der Waals surface area contributed by atoms with Crippen molar-refractivity contribution in [3.8, 4) is 5.75 Å². The molecule has 134 valence electrons. The lowest BCUT2D eigenvalue weighted by Gasteiger charge is -2.20. The summed E-state index contributed by atoms with van der Waals surface area (Å²) in [4.78, 5) is 12.7. The van der Waals surface area contributed by atoms with Gasteiger partial charge >= 0.3 is 0 Å². The highest BCUT2D eigenvalue weighted by molar-refractivity contribution is 5.97. The van der Waals surface area contributed by atoms with Crippen LogP contribution in [0.3, 0.4) is 0 Å². The quantitative estimate of drug-likeness (QED) is 0.792. The van der Waals surface area contributed by atoms with E-state index in [0.717, 1.165) is 12.8 Å². The summed E-state index contributed by atoms with van der Waals surface area (Å²) >= 11 is 0. The van der Waals surface area contributed by atoms with Gasteiger partial charge in [0.2, 0.25) is 0 Å². The van der Waals surface area contributed by atoms with Gasteiger partial charge < -0.3 is 10.1 Å². The number of hydrogen-bond acceptors (Lipinski definition) is 2. The van der Waals surface area contributed by atoms with E-state index in [0.29, 0.717) is 24.0 Å². The van der Waals surface area contributed by atoms with Crippen molar-refractivity contribution in [1.29, 1.82) is 0 Å². The van der Waals surface area contributed by atoms with Crippen LogP contribution in [0.1, 0.15) is 87.9 Å². The van der Waals surface area contributed by atoms with E-state index in [2.05, 4.69) is 5.32 Å². The third-order valence-electron chi connectivity index (χ3n) is 4.87. The zero-order valence-electron chi connectivity index (χ0n) is 15.2. The Morgan fingerprint density at radius 2 is 1.50 bits per heavy atom. The lowest BCUT2D eigenvalue weighted by Crippen LogP contribution is -2.35. The molecule has 0 spiro atoms. The molecule has 1 amide bonds. The number of hydrogen-bond donors (Lipinski definition) is 1. The normalized spacial score (nSPS) is 18.2. The minimum atomic E-state index is 0.0103. The van der Waals surface area contributed by atoms with Gasteiger partial charge in [0.1, 0.15) is 5.75 Å². The average Bonchev–Trinajstić information content (AvgIpc) is 2.58. The van der Waals surface area contributed by atoms with Gasteiger partial charge in [0.05, 0.1) is 12.2 Å². The second-order valence-electron chi connectivity index (χ2n) is 6.86. The van der Waals surface area contributed by atoms with Crippen LogP contribution in [0, 0.1) is 0 Å². The van der Waals surface area contributed by atoms with Crippen molar-refractivity contribution in [3.63, 3.8) is 0 Å². The molecule has 3 nitrogen and oxygen atoms in total. The van der Waals surface area contributed by atoms with E-state index in [1.54, 1.807) is 0 Å². The van der Waals surface area contributed by atoms with Crippen molar-refractivity contribution in [2.75, 3.05) is 6.61 Å². The number of carbonyl (C=O) groups is 1. The van der Waals surface area contributed by atoms with Gasteiger partial charge in [0, 0.05) is 6.04 Å². The molecule has 2 rings (SSSR count). The Labute approximate surface area is 147 Å². The zero-order chi connectivity index (χ0) is 17.0. The molecule has 1 aliphatic rings. The summed E-state index contributed by atoms with van der Waals surface area (Å²) in [7, 11) is 0. The van der Waals surface area contributed by atoms with Crippen LogP contribution >= 0.6 is 0 Å². The van der Waals surface area contributed by atoms with Crippen LogP contribution in [0.5, 0.6) is 5.75 Å². The Kier molecular flexibility index (Phi) is 8.72. The molecule has 1 aliphatic carbocycles. The molecule has 24 heavy (non-hydrogen) atoms. The first-order chi connectivity index (χ1) is 11.8. The number of para-hydroxylation sites is 1. The molecule has 0 aliphatic heterocycles. The predicted octanol–water partition coefficient (Wildman–Crippen LogP) is 5.49. The first-order valence-electron chi connectivity index (χ1n) is 9.84. The molecule has 0 saturated heterocycles. The van der Waals surface area contributed by atoms with Gasteiger partial charge in [-0.3, -0.25) is 4.79 Å². The number of rotatable bonds is 4. The van der Waals surface area contributed by atoms with E-state index in [1.807, 2.05) is 31.2 Å². The van der Waals surface area contributed by atoms with Crippen LogP contribution in [0.15, 0.2) is 24.3 Å². The molecular formula is C21H33NO2. The molecule has 1 saturated carbocycles. The second-order valence-corrected chi connectivity index (χ2v) is 6.86. The highest BCUT2D eigenvalue weighted by Gasteiger charge is 2.17. The molecular weight excluding hydrogens is 298 g/mol. The summed E-state index contributed by atoms with van der Waals surface area (Å²) in [5, 5.41) is 3.27. The van der Waals surface area contributed by atoms with E-state index >= 15 is 0 Å². The Morgan fingerprint density at radius 3 is 2.08 bits per heavy atom. The first kappa shape index (κ1) is 18.8. The smallest absolute Gasteiger partial charge is 0.255 e. The fraction of sp³-hybridized carbons (Fsp3) is 0.667. The summed E-state index contributed by atoms with van der Waals surface area (Å²) in [6.45, 7) is 2.52. The maximum atomic E-state index is 12.7. The maximum Gasteiger partial charge on any atom is 0.255 e. The fourth-order valence-electron chi connectivity index (χ4n) is 3.51. The van der Waals surface area contributed by atoms with Crippen molar-refractivity contribution in [3.05, 3.63) is 29.8 Å². The van der Waals surface area contributed by atoms with E-state index in [1.165, 1.54) is 57.8 Å². The van der Waals surface area contributed by atoms with Crippen molar-refractivity contribution < 1.29 is 9.53 Å². The summed E-state index contributed by atoms with van der Waals surface area (Å²) in [5.74, 6) is 0.696. The summed E-state index contributed by atoms with van der Waals surface area (Å²) in [6, 6.07) is 7.84. The maximum absolute atomic E-state index is 12.7. The van der Waals surface area contributed by atoms with Crippen molar-refractivity contribution in [1.82, 2.24) is 5.32 Å².